The summed E-state index contributed by atoms with van der Waals surface area (Å²) >= 11 is 0. The molecule has 0 aromatic heterocycles. The van der Waals surface area contributed by atoms with Crippen molar-refractivity contribution in [2.75, 3.05) is 26.0 Å². The molecule has 0 aliphatic heterocycles. The van der Waals surface area contributed by atoms with Crippen LogP contribution >= 0.6 is 0 Å². The fourth-order valence-electron chi connectivity index (χ4n) is 2.29. The normalized spacial score (nSPS) is 10.2. The summed E-state index contributed by atoms with van der Waals surface area (Å²) in [6.45, 7) is 3.86. The molecular formula is C19H22N2O3. The zero-order chi connectivity index (χ0) is 17.7. The van der Waals surface area contributed by atoms with E-state index in [2.05, 4.69) is 5.32 Å². The standard InChI is InChI=1S/C19H22N2O3/c1-13-8-9-17(14(2)10-13)24-12-18(22)20-16-7-5-6-15(11-16)19(23)21(3)4/h5-11H,12H2,1-4H3,(H,20,22). The minimum atomic E-state index is -0.274. The minimum Gasteiger partial charge on any atom is -0.483 e. The number of carbonyl (C=O) groups excluding carboxylic acids is 2. The van der Waals surface area contributed by atoms with E-state index in [0.29, 0.717) is 17.0 Å². The van der Waals surface area contributed by atoms with Crippen LogP contribution in [-0.2, 0) is 4.79 Å². The van der Waals surface area contributed by atoms with E-state index in [1.54, 1.807) is 38.4 Å². The van der Waals surface area contributed by atoms with Gasteiger partial charge in [-0.05, 0) is 43.7 Å². The summed E-state index contributed by atoms with van der Waals surface area (Å²) in [6, 6.07) is 12.6. The van der Waals surface area contributed by atoms with Gasteiger partial charge in [-0.25, -0.2) is 0 Å². The van der Waals surface area contributed by atoms with Crippen LogP contribution in [0.3, 0.4) is 0 Å². The number of rotatable bonds is 5. The molecule has 0 saturated carbocycles. The molecule has 2 aromatic rings. The average molecular weight is 326 g/mol. The van der Waals surface area contributed by atoms with E-state index in [-0.39, 0.29) is 18.4 Å². The first-order chi connectivity index (χ1) is 11.4. The number of aryl methyl sites for hydroxylation is 2. The van der Waals surface area contributed by atoms with E-state index in [1.165, 1.54) is 4.90 Å². The average Bonchev–Trinajstić information content (AvgIpc) is 2.53. The Hall–Kier alpha value is -2.82. The molecule has 2 aromatic carbocycles. The zero-order valence-corrected chi connectivity index (χ0v) is 14.4. The molecule has 0 aliphatic rings. The Labute approximate surface area is 142 Å². The van der Waals surface area contributed by atoms with Gasteiger partial charge in [0.25, 0.3) is 11.8 Å². The first-order valence-corrected chi connectivity index (χ1v) is 7.68. The van der Waals surface area contributed by atoms with Gasteiger partial charge in [-0.2, -0.15) is 0 Å². The number of hydrogen-bond acceptors (Lipinski definition) is 3. The van der Waals surface area contributed by atoms with Crippen LogP contribution in [0.15, 0.2) is 42.5 Å². The molecule has 24 heavy (non-hydrogen) atoms. The Morgan fingerprint density at radius 1 is 1.08 bits per heavy atom. The first kappa shape index (κ1) is 17.5. The lowest BCUT2D eigenvalue weighted by Crippen LogP contribution is -2.23. The summed E-state index contributed by atoms with van der Waals surface area (Å²) in [7, 11) is 3.37. The van der Waals surface area contributed by atoms with Gasteiger partial charge in [-0.15, -0.1) is 0 Å². The summed E-state index contributed by atoms with van der Waals surface area (Å²) in [4.78, 5) is 25.5. The second-order valence-electron chi connectivity index (χ2n) is 5.89. The maximum Gasteiger partial charge on any atom is 0.262 e. The summed E-state index contributed by atoms with van der Waals surface area (Å²) in [6.07, 6.45) is 0. The van der Waals surface area contributed by atoms with Crippen LogP contribution < -0.4 is 10.1 Å². The lowest BCUT2D eigenvalue weighted by atomic mass is 10.1. The molecule has 0 atom stereocenters. The van der Waals surface area contributed by atoms with Crippen LogP contribution in [0.5, 0.6) is 5.75 Å². The largest absolute Gasteiger partial charge is 0.483 e. The van der Waals surface area contributed by atoms with E-state index in [0.717, 1.165) is 11.1 Å². The van der Waals surface area contributed by atoms with Crippen molar-refractivity contribution >= 4 is 17.5 Å². The highest BCUT2D eigenvalue weighted by Gasteiger charge is 2.10. The molecule has 0 fully saturated rings. The molecule has 5 nitrogen and oxygen atoms in total. The number of ether oxygens (including phenoxy) is 1. The Morgan fingerprint density at radius 3 is 2.50 bits per heavy atom. The summed E-state index contributed by atoms with van der Waals surface area (Å²) < 4.78 is 5.55. The highest BCUT2D eigenvalue weighted by atomic mass is 16.5. The lowest BCUT2D eigenvalue weighted by molar-refractivity contribution is -0.118. The monoisotopic (exact) mass is 326 g/mol. The number of nitrogens with zero attached hydrogens (tertiary/aromatic N) is 1. The SMILES string of the molecule is Cc1ccc(OCC(=O)Nc2cccc(C(=O)N(C)C)c2)c(C)c1. The molecule has 5 heteroatoms. The Kier molecular flexibility index (Phi) is 5.58. The van der Waals surface area contributed by atoms with Crippen molar-refractivity contribution in [3.63, 3.8) is 0 Å². The maximum absolute atomic E-state index is 12.0. The van der Waals surface area contributed by atoms with Crippen molar-refractivity contribution in [1.82, 2.24) is 4.90 Å². The van der Waals surface area contributed by atoms with E-state index in [9.17, 15) is 9.59 Å². The van der Waals surface area contributed by atoms with Gasteiger partial charge in [0, 0.05) is 25.3 Å². The molecule has 0 saturated heterocycles. The van der Waals surface area contributed by atoms with Crippen LogP contribution in [0, 0.1) is 13.8 Å². The summed E-state index contributed by atoms with van der Waals surface area (Å²) in [5.41, 5.74) is 3.22. The molecule has 1 N–H and O–H groups in total. The van der Waals surface area contributed by atoms with Gasteiger partial charge in [-0.1, -0.05) is 23.8 Å². The third-order valence-corrected chi connectivity index (χ3v) is 3.49. The van der Waals surface area contributed by atoms with E-state index >= 15 is 0 Å². The van der Waals surface area contributed by atoms with Gasteiger partial charge in [0.15, 0.2) is 6.61 Å². The number of amides is 2. The molecule has 2 amide bonds. The van der Waals surface area contributed by atoms with Gasteiger partial charge < -0.3 is 15.0 Å². The van der Waals surface area contributed by atoms with Gasteiger partial charge in [0.1, 0.15) is 5.75 Å². The number of benzene rings is 2. The van der Waals surface area contributed by atoms with Gasteiger partial charge in [0.05, 0.1) is 0 Å². The number of hydrogen-bond donors (Lipinski definition) is 1. The first-order valence-electron chi connectivity index (χ1n) is 7.68. The van der Waals surface area contributed by atoms with E-state index in [1.807, 2.05) is 32.0 Å². The van der Waals surface area contributed by atoms with Gasteiger partial charge in [0.2, 0.25) is 0 Å². The van der Waals surface area contributed by atoms with Crippen LogP contribution in [0.4, 0.5) is 5.69 Å². The molecule has 0 aliphatic carbocycles. The predicted octanol–water partition coefficient (Wildman–Crippen LogP) is 3.02. The molecule has 0 radical (unpaired) electrons. The van der Waals surface area contributed by atoms with Crippen molar-refractivity contribution in [3.8, 4) is 5.75 Å². The Morgan fingerprint density at radius 2 is 1.83 bits per heavy atom. The fourth-order valence-corrected chi connectivity index (χ4v) is 2.29. The molecule has 126 valence electrons. The highest BCUT2D eigenvalue weighted by molar-refractivity contribution is 5.97. The number of carbonyl (C=O) groups is 2. The Balaban J connectivity index is 1.97. The van der Waals surface area contributed by atoms with Crippen LogP contribution in [0.1, 0.15) is 21.5 Å². The zero-order valence-electron chi connectivity index (χ0n) is 14.4. The molecule has 0 bridgehead atoms. The topological polar surface area (TPSA) is 58.6 Å². The smallest absolute Gasteiger partial charge is 0.262 e. The van der Waals surface area contributed by atoms with E-state index < -0.39 is 0 Å². The maximum atomic E-state index is 12.0. The molecule has 0 spiro atoms. The number of anilines is 1. The van der Waals surface area contributed by atoms with Gasteiger partial charge in [-0.3, -0.25) is 9.59 Å². The number of nitrogens with one attached hydrogen (secondary N) is 1. The molecule has 0 unspecified atom stereocenters. The molecule has 0 heterocycles. The second-order valence-corrected chi connectivity index (χ2v) is 5.89. The van der Waals surface area contributed by atoms with Crippen molar-refractivity contribution in [2.45, 2.75) is 13.8 Å². The molecule has 2 rings (SSSR count). The quantitative estimate of drug-likeness (QED) is 0.919. The Bertz CT molecular complexity index is 754. The fraction of sp³-hybridized carbons (Fsp3) is 0.263. The third kappa shape index (κ3) is 4.59. The highest BCUT2D eigenvalue weighted by Crippen LogP contribution is 2.19. The molecular weight excluding hydrogens is 304 g/mol. The van der Waals surface area contributed by atoms with Crippen molar-refractivity contribution in [3.05, 3.63) is 59.2 Å². The van der Waals surface area contributed by atoms with Crippen molar-refractivity contribution < 1.29 is 14.3 Å². The second kappa shape index (κ2) is 7.64. The predicted molar refractivity (Wildman–Crippen MR) is 94.5 cm³/mol. The van der Waals surface area contributed by atoms with Crippen LogP contribution in [-0.4, -0.2) is 37.4 Å². The summed E-state index contributed by atoms with van der Waals surface area (Å²) in [5, 5.41) is 2.74. The van der Waals surface area contributed by atoms with Gasteiger partial charge >= 0.3 is 0 Å². The third-order valence-electron chi connectivity index (χ3n) is 3.49. The van der Waals surface area contributed by atoms with E-state index in [4.69, 9.17) is 4.74 Å². The summed E-state index contributed by atoms with van der Waals surface area (Å²) in [5.74, 6) is 0.300. The minimum absolute atomic E-state index is 0.0875. The van der Waals surface area contributed by atoms with Crippen molar-refractivity contribution in [1.29, 1.82) is 0 Å². The lowest BCUT2D eigenvalue weighted by Gasteiger charge is -2.12. The van der Waals surface area contributed by atoms with Crippen LogP contribution in [0.2, 0.25) is 0 Å². The van der Waals surface area contributed by atoms with Crippen LogP contribution in [0.25, 0.3) is 0 Å². The van der Waals surface area contributed by atoms with Crippen molar-refractivity contribution in [2.24, 2.45) is 0 Å².